The molecule has 70 heavy (non-hydrogen) atoms. The number of rotatable bonds is 0. The van der Waals surface area contributed by atoms with Crippen LogP contribution in [0.4, 0.5) is 0 Å². The van der Waals surface area contributed by atoms with E-state index in [0.29, 0.717) is 115 Å². The van der Waals surface area contributed by atoms with E-state index in [1.807, 2.05) is 243 Å². The zero-order chi connectivity index (χ0) is 46.9. The lowest BCUT2D eigenvalue weighted by Gasteiger charge is -2.12. The number of hydrogen-bond acceptors (Lipinski definition) is 10. The summed E-state index contributed by atoms with van der Waals surface area (Å²) in [5, 5.41) is 0. The second-order valence-corrected chi connectivity index (χ2v) is 15.7. The quantitative estimate of drug-likeness (QED) is 0.146. The molecule has 0 unspecified atom stereocenters. The molecule has 0 aliphatic carbocycles. The van der Waals surface area contributed by atoms with Crippen LogP contribution >= 0.6 is 0 Å². The average Bonchev–Trinajstić information content (AvgIpc) is 3.39. The monoisotopic (exact) mass is 920 g/mol. The maximum Gasteiger partial charge on any atom is 0.127 e. The SMILES string of the molecule is c1cc2ccc1Oc1ccc(cc1)Oc1ccc(cc1)Oc1ccc(cc1)Oc1ccc(cc1)Oc1ccc(cc1)Oc1ccc(cc1)Oc1ccc(cc1)Oc1ccc(cc1)Oc1ccc(cc1)O2. The van der Waals surface area contributed by atoms with E-state index < -0.39 is 0 Å². The van der Waals surface area contributed by atoms with Gasteiger partial charge in [0.2, 0.25) is 0 Å². The molecular weight excluding hydrogens is 881 g/mol. The van der Waals surface area contributed by atoms with E-state index in [0.717, 1.165) is 0 Å². The molecular formula is C60H40O10. The van der Waals surface area contributed by atoms with E-state index in [2.05, 4.69) is 0 Å². The van der Waals surface area contributed by atoms with Gasteiger partial charge in [0.25, 0.3) is 0 Å². The lowest BCUT2D eigenvalue weighted by atomic mass is 10.3. The van der Waals surface area contributed by atoms with Gasteiger partial charge in [0.15, 0.2) is 0 Å². The molecule has 0 radical (unpaired) electrons. The summed E-state index contributed by atoms with van der Waals surface area (Å²) in [6.07, 6.45) is 0. The zero-order valence-electron chi connectivity index (χ0n) is 37.2. The summed E-state index contributed by atoms with van der Waals surface area (Å²) in [7, 11) is 0. The highest BCUT2D eigenvalue weighted by molar-refractivity contribution is 5.47. The summed E-state index contributed by atoms with van der Waals surface area (Å²) >= 11 is 0. The maximum atomic E-state index is 6.08. The molecule has 0 saturated carbocycles. The molecule has 10 heteroatoms. The van der Waals surface area contributed by atoms with E-state index in [1.165, 1.54) is 0 Å². The van der Waals surface area contributed by atoms with Gasteiger partial charge in [-0.1, -0.05) is 0 Å². The fourth-order valence-corrected chi connectivity index (χ4v) is 7.12. The molecule has 10 aromatic rings. The smallest absolute Gasteiger partial charge is 0.127 e. The van der Waals surface area contributed by atoms with Crippen LogP contribution in [0.25, 0.3) is 0 Å². The van der Waals surface area contributed by atoms with Crippen LogP contribution in [-0.2, 0) is 0 Å². The zero-order valence-corrected chi connectivity index (χ0v) is 37.2. The summed E-state index contributed by atoms with van der Waals surface area (Å²) in [5.41, 5.74) is 0. The van der Waals surface area contributed by atoms with Crippen molar-refractivity contribution < 1.29 is 47.4 Å². The van der Waals surface area contributed by atoms with Crippen molar-refractivity contribution in [1.29, 1.82) is 0 Å². The van der Waals surface area contributed by atoms with Crippen molar-refractivity contribution in [2.24, 2.45) is 0 Å². The van der Waals surface area contributed by atoms with Crippen molar-refractivity contribution in [3.05, 3.63) is 243 Å². The molecule has 20 bridgehead atoms. The molecule has 0 fully saturated rings. The Morgan fingerprint density at radius 1 is 0.0857 bits per heavy atom. The molecule has 0 N–H and O–H groups in total. The van der Waals surface area contributed by atoms with Gasteiger partial charge in [0, 0.05) is 0 Å². The molecule has 0 amide bonds. The predicted molar refractivity (Wildman–Crippen MR) is 265 cm³/mol. The van der Waals surface area contributed by atoms with Gasteiger partial charge in [0.05, 0.1) is 0 Å². The first-order chi connectivity index (χ1) is 34.5. The van der Waals surface area contributed by atoms with Crippen LogP contribution in [-0.4, -0.2) is 0 Å². The van der Waals surface area contributed by atoms with Crippen LogP contribution in [0.15, 0.2) is 243 Å². The fourth-order valence-electron chi connectivity index (χ4n) is 7.12. The summed E-state index contributed by atoms with van der Waals surface area (Å²) in [6.45, 7) is 0. The van der Waals surface area contributed by atoms with E-state index in [4.69, 9.17) is 47.4 Å². The van der Waals surface area contributed by atoms with Gasteiger partial charge in [-0.05, 0) is 243 Å². The molecule has 0 atom stereocenters. The highest BCUT2D eigenvalue weighted by atomic mass is 16.5. The van der Waals surface area contributed by atoms with Crippen LogP contribution in [0.1, 0.15) is 0 Å². The van der Waals surface area contributed by atoms with Crippen LogP contribution in [0.2, 0.25) is 0 Å². The minimum Gasteiger partial charge on any atom is -0.457 e. The van der Waals surface area contributed by atoms with Crippen molar-refractivity contribution in [3.63, 3.8) is 0 Å². The van der Waals surface area contributed by atoms with Crippen LogP contribution in [0, 0.1) is 0 Å². The topological polar surface area (TPSA) is 92.3 Å². The largest absolute Gasteiger partial charge is 0.457 e. The van der Waals surface area contributed by atoms with Gasteiger partial charge >= 0.3 is 0 Å². The summed E-state index contributed by atoms with van der Waals surface area (Å²) in [5.74, 6) is 13.3. The van der Waals surface area contributed by atoms with Crippen molar-refractivity contribution in [1.82, 2.24) is 0 Å². The van der Waals surface area contributed by atoms with Gasteiger partial charge < -0.3 is 47.4 Å². The van der Waals surface area contributed by atoms with Gasteiger partial charge in [-0.25, -0.2) is 0 Å². The van der Waals surface area contributed by atoms with Crippen molar-refractivity contribution >= 4 is 0 Å². The minimum atomic E-state index is 0.665. The molecule has 28 aliphatic rings. The van der Waals surface area contributed by atoms with Gasteiger partial charge in [-0.3, -0.25) is 0 Å². The number of ether oxygens (including phenoxy) is 10. The Bertz CT molecular complexity index is 2300. The Balaban J connectivity index is 0.760. The van der Waals surface area contributed by atoms with Crippen molar-refractivity contribution in [2.75, 3.05) is 0 Å². The lowest BCUT2D eigenvalue weighted by Crippen LogP contribution is -1.89. The van der Waals surface area contributed by atoms with Crippen LogP contribution < -0.4 is 47.4 Å². The highest BCUT2D eigenvalue weighted by Gasteiger charge is 2.09. The highest BCUT2D eigenvalue weighted by Crippen LogP contribution is 2.36. The molecule has 0 aromatic heterocycles. The minimum absolute atomic E-state index is 0.665. The van der Waals surface area contributed by atoms with Gasteiger partial charge in [0.1, 0.15) is 115 Å². The second-order valence-electron chi connectivity index (χ2n) is 15.7. The lowest BCUT2D eigenvalue weighted by molar-refractivity contribution is 0.457. The first-order valence-electron chi connectivity index (χ1n) is 22.3. The molecule has 10 aromatic carbocycles. The van der Waals surface area contributed by atoms with E-state index >= 15 is 0 Å². The number of hydrogen-bond donors (Lipinski definition) is 0. The first kappa shape index (κ1) is 42.8. The van der Waals surface area contributed by atoms with Crippen molar-refractivity contribution in [2.45, 2.75) is 0 Å². The van der Waals surface area contributed by atoms with E-state index in [1.54, 1.807) is 0 Å². The van der Waals surface area contributed by atoms with E-state index in [-0.39, 0.29) is 0 Å². The molecule has 0 saturated heterocycles. The van der Waals surface area contributed by atoms with Crippen molar-refractivity contribution in [3.8, 4) is 115 Å². The first-order valence-corrected chi connectivity index (χ1v) is 22.3. The molecule has 0 spiro atoms. The molecule has 10 nitrogen and oxygen atoms in total. The molecule has 38 rings (SSSR count). The Morgan fingerprint density at radius 2 is 0.129 bits per heavy atom. The summed E-state index contributed by atoms with van der Waals surface area (Å²) < 4.78 is 60.8. The standard InChI is InChI=1S/C60H40O10/c1-2-42-4-3-41(1)61-43-5-7-45(8-6-43)63-47-13-15-49(16-14-47)65-51-21-23-53(24-22-51)67-55-29-31-57(32-30-55)69-59-37-39-60(40-38-59)70-58-35-33-56(34-36-58)68-54-27-25-52(26-28-54)66-50-19-17-48(18-20-50)64-46-11-9-44(62-42)10-12-46/h1-40H. The Labute approximate surface area is 403 Å². The number of benzene rings is 10. The normalized spacial score (nSPS) is 12.0. The molecule has 340 valence electrons. The Kier molecular flexibility index (Phi) is 12.2. The van der Waals surface area contributed by atoms with Gasteiger partial charge in [-0.2, -0.15) is 0 Å². The van der Waals surface area contributed by atoms with E-state index in [9.17, 15) is 0 Å². The third-order valence-corrected chi connectivity index (χ3v) is 10.6. The molecule has 28 heterocycles. The van der Waals surface area contributed by atoms with Crippen LogP contribution in [0.3, 0.4) is 0 Å². The average molecular weight is 921 g/mol. The third-order valence-electron chi connectivity index (χ3n) is 10.6. The third kappa shape index (κ3) is 11.2. The molecule has 28 aliphatic heterocycles. The van der Waals surface area contributed by atoms with Gasteiger partial charge in [-0.15, -0.1) is 0 Å². The Morgan fingerprint density at radius 3 is 0.171 bits per heavy atom. The summed E-state index contributed by atoms with van der Waals surface area (Å²) in [6, 6.07) is 74.2. The summed E-state index contributed by atoms with van der Waals surface area (Å²) in [4.78, 5) is 0. The fraction of sp³-hybridized carbons (Fsp3) is 0. The van der Waals surface area contributed by atoms with Crippen LogP contribution in [0.5, 0.6) is 115 Å². The second kappa shape index (κ2) is 20.0. The predicted octanol–water partition coefficient (Wildman–Crippen LogP) is 17.9. The Hall–Kier alpha value is -9.80. The maximum absolute atomic E-state index is 6.08.